The molecule has 144 valence electrons. The number of carbonyl (C=O) groups is 1. The van der Waals surface area contributed by atoms with Crippen LogP contribution in [0.3, 0.4) is 0 Å². The van der Waals surface area contributed by atoms with Crippen molar-refractivity contribution in [2.45, 2.75) is 6.54 Å². The second-order valence-corrected chi connectivity index (χ2v) is 5.77. The van der Waals surface area contributed by atoms with Gasteiger partial charge in [-0.15, -0.1) is 0 Å². The summed E-state index contributed by atoms with van der Waals surface area (Å²) in [6, 6.07) is 12.1. The summed E-state index contributed by atoms with van der Waals surface area (Å²) >= 11 is 0. The third kappa shape index (κ3) is 4.22. The number of pyridine rings is 1. The number of aromatic nitrogens is 1. The van der Waals surface area contributed by atoms with E-state index >= 15 is 0 Å². The molecule has 0 fully saturated rings. The Morgan fingerprint density at radius 1 is 1.04 bits per heavy atom. The number of nitrogens with zero attached hydrogens (tertiary/aromatic N) is 1. The van der Waals surface area contributed by atoms with E-state index in [1.54, 1.807) is 13.2 Å². The zero-order valence-electron chi connectivity index (χ0n) is 14.8. The summed E-state index contributed by atoms with van der Waals surface area (Å²) in [6.45, 7) is 0.267. The summed E-state index contributed by atoms with van der Waals surface area (Å²) < 4.78 is 45.2. The van der Waals surface area contributed by atoms with Crippen LogP contribution in [0.2, 0.25) is 0 Å². The zero-order chi connectivity index (χ0) is 20.1. The van der Waals surface area contributed by atoms with Gasteiger partial charge in [-0.25, -0.2) is 18.2 Å². The van der Waals surface area contributed by atoms with Gasteiger partial charge in [0.05, 0.1) is 18.4 Å². The van der Waals surface area contributed by atoms with E-state index in [4.69, 9.17) is 4.74 Å². The fourth-order valence-corrected chi connectivity index (χ4v) is 2.49. The molecule has 0 spiro atoms. The topological polar surface area (TPSA) is 63.2 Å². The molecule has 0 atom stereocenters. The van der Waals surface area contributed by atoms with Crippen molar-refractivity contribution in [3.8, 4) is 5.75 Å². The van der Waals surface area contributed by atoms with Crippen molar-refractivity contribution in [1.29, 1.82) is 0 Å². The Morgan fingerprint density at radius 2 is 1.82 bits per heavy atom. The van der Waals surface area contributed by atoms with Crippen molar-refractivity contribution < 1.29 is 22.7 Å². The first kappa shape index (κ1) is 19.2. The Morgan fingerprint density at radius 3 is 2.54 bits per heavy atom. The quantitative estimate of drug-likeness (QED) is 0.623. The lowest BCUT2D eigenvalue weighted by molar-refractivity contribution is 0.0950. The number of anilines is 2. The van der Waals surface area contributed by atoms with Crippen molar-refractivity contribution in [3.05, 3.63) is 83.3 Å². The predicted octanol–water partition coefficient (Wildman–Crippen LogP) is 4.18. The third-order valence-electron chi connectivity index (χ3n) is 3.96. The van der Waals surface area contributed by atoms with E-state index in [0.717, 1.165) is 17.7 Å². The Labute approximate surface area is 159 Å². The lowest BCUT2D eigenvalue weighted by atomic mass is 10.2. The Bertz CT molecular complexity index is 994. The molecular weight excluding hydrogens is 371 g/mol. The van der Waals surface area contributed by atoms with E-state index in [1.807, 2.05) is 18.2 Å². The molecule has 0 radical (unpaired) electrons. The molecule has 0 bridgehead atoms. The van der Waals surface area contributed by atoms with Gasteiger partial charge in [0.2, 0.25) is 0 Å². The second kappa shape index (κ2) is 8.43. The monoisotopic (exact) mass is 387 g/mol. The molecule has 1 heterocycles. The first-order chi connectivity index (χ1) is 13.5. The summed E-state index contributed by atoms with van der Waals surface area (Å²) in [5.41, 5.74) is 0.837. The Balaban J connectivity index is 1.65. The number of methoxy groups -OCH3 is 1. The molecule has 1 aromatic heterocycles. The van der Waals surface area contributed by atoms with Crippen molar-refractivity contribution in [3.63, 3.8) is 0 Å². The van der Waals surface area contributed by atoms with Crippen LogP contribution in [-0.2, 0) is 6.54 Å². The van der Waals surface area contributed by atoms with Crippen LogP contribution in [-0.4, -0.2) is 18.0 Å². The summed E-state index contributed by atoms with van der Waals surface area (Å²) in [4.78, 5) is 16.3. The first-order valence-corrected chi connectivity index (χ1v) is 8.26. The lowest BCUT2D eigenvalue weighted by Gasteiger charge is -2.10. The number of carbonyl (C=O) groups excluding carboxylic acids is 1. The highest BCUT2D eigenvalue weighted by Gasteiger charge is 2.14. The summed E-state index contributed by atoms with van der Waals surface area (Å²) in [6.07, 6.45) is 1.29. The number of amides is 1. The van der Waals surface area contributed by atoms with Crippen LogP contribution in [0.1, 0.15) is 15.9 Å². The minimum absolute atomic E-state index is 0.172. The number of ether oxygens (including phenoxy) is 1. The van der Waals surface area contributed by atoms with Gasteiger partial charge in [0.1, 0.15) is 11.6 Å². The molecule has 3 rings (SSSR count). The van der Waals surface area contributed by atoms with Crippen molar-refractivity contribution in [2.75, 3.05) is 12.4 Å². The molecule has 2 N–H and O–H groups in total. The molecule has 0 saturated heterocycles. The molecule has 2 aromatic carbocycles. The smallest absolute Gasteiger partial charge is 0.253 e. The van der Waals surface area contributed by atoms with Crippen molar-refractivity contribution >= 4 is 17.4 Å². The second-order valence-electron chi connectivity index (χ2n) is 5.77. The van der Waals surface area contributed by atoms with Gasteiger partial charge in [-0.2, -0.15) is 0 Å². The van der Waals surface area contributed by atoms with Crippen molar-refractivity contribution in [1.82, 2.24) is 10.3 Å². The average Bonchev–Trinajstić information content (AvgIpc) is 2.73. The van der Waals surface area contributed by atoms with Crippen LogP contribution in [0.4, 0.5) is 24.7 Å². The van der Waals surface area contributed by atoms with Crippen LogP contribution in [0.25, 0.3) is 0 Å². The maximum Gasteiger partial charge on any atom is 0.253 e. The van der Waals surface area contributed by atoms with Gasteiger partial charge in [-0.3, -0.25) is 4.79 Å². The molecule has 0 aliphatic carbocycles. The molecule has 28 heavy (non-hydrogen) atoms. The zero-order valence-corrected chi connectivity index (χ0v) is 14.8. The number of halogens is 3. The number of nitrogens with one attached hydrogen (secondary N) is 2. The van der Waals surface area contributed by atoms with Gasteiger partial charge < -0.3 is 15.4 Å². The predicted molar refractivity (Wildman–Crippen MR) is 98.0 cm³/mol. The number of hydrogen-bond acceptors (Lipinski definition) is 4. The third-order valence-corrected chi connectivity index (χ3v) is 3.96. The van der Waals surface area contributed by atoms with Gasteiger partial charge in [-0.1, -0.05) is 18.2 Å². The van der Waals surface area contributed by atoms with Crippen LogP contribution >= 0.6 is 0 Å². The normalized spacial score (nSPS) is 10.4. The molecule has 0 aliphatic rings. The average molecular weight is 387 g/mol. The van der Waals surface area contributed by atoms with Crippen LogP contribution in [0.5, 0.6) is 5.75 Å². The van der Waals surface area contributed by atoms with E-state index in [1.165, 1.54) is 18.3 Å². The SMILES string of the molecule is COc1ccccc1CNC(=O)c1ccc(Nc2ccc(F)c(F)c2F)nc1. The number of rotatable bonds is 6. The number of para-hydroxylation sites is 1. The highest BCUT2D eigenvalue weighted by Crippen LogP contribution is 2.23. The largest absolute Gasteiger partial charge is 0.496 e. The number of hydrogen-bond donors (Lipinski definition) is 2. The summed E-state index contributed by atoms with van der Waals surface area (Å²) in [5.74, 6) is -3.72. The highest BCUT2D eigenvalue weighted by atomic mass is 19.2. The van der Waals surface area contributed by atoms with Gasteiger partial charge in [0.15, 0.2) is 17.5 Å². The summed E-state index contributed by atoms with van der Waals surface area (Å²) in [5, 5.41) is 5.29. The first-order valence-electron chi connectivity index (χ1n) is 8.26. The molecule has 0 saturated carbocycles. The molecule has 5 nitrogen and oxygen atoms in total. The fraction of sp³-hybridized carbons (Fsp3) is 0.100. The maximum absolute atomic E-state index is 13.7. The number of benzene rings is 2. The summed E-state index contributed by atoms with van der Waals surface area (Å²) in [7, 11) is 1.55. The van der Waals surface area contributed by atoms with Gasteiger partial charge in [0.25, 0.3) is 5.91 Å². The van der Waals surface area contributed by atoms with E-state index in [9.17, 15) is 18.0 Å². The lowest BCUT2D eigenvalue weighted by Crippen LogP contribution is -2.23. The van der Waals surface area contributed by atoms with Gasteiger partial charge in [-0.05, 0) is 30.3 Å². The van der Waals surface area contributed by atoms with Crippen molar-refractivity contribution in [2.24, 2.45) is 0 Å². The van der Waals surface area contributed by atoms with E-state index in [-0.39, 0.29) is 29.5 Å². The molecule has 8 heteroatoms. The van der Waals surface area contributed by atoms with Crippen LogP contribution in [0.15, 0.2) is 54.7 Å². The molecule has 3 aromatic rings. The fourth-order valence-electron chi connectivity index (χ4n) is 2.49. The van der Waals surface area contributed by atoms with E-state index < -0.39 is 17.5 Å². The van der Waals surface area contributed by atoms with Gasteiger partial charge >= 0.3 is 0 Å². The van der Waals surface area contributed by atoms with Crippen LogP contribution < -0.4 is 15.4 Å². The van der Waals surface area contributed by atoms with E-state index in [2.05, 4.69) is 15.6 Å². The van der Waals surface area contributed by atoms with Crippen LogP contribution in [0, 0.1) is 17.5 Å². The highest BCUT2D eigenvalue weighted by molar-refractivity contribution is 5.94. The van der Waals surface area contributed by atoms with Gasteiger partial charge in [0, 0.05) is 18.3 Å². The molecule has 1 amide bonds. The standard InChI is InChI=1S/C20H16F3N3O2/c1-28-16-5-3-2-4-12(16)10-25-20(27)13-6-9-17(24-11-13)26-15-8-7-14(21)18(22)19(15)23/h2-9,11H,10H2,1H3,(H,24,26)(H,25,27). The molecular formula is C20H16F3N3O2. The minimum Gasteiger partial charge on any atom is -0.496 e. The minimum atomic E-state index is -1.57. The Hall–Kier alpha value is -3.55. The molecule has 0 unspecified atom stereocenters. The van der Waals surface area contributed by atoms with E-state index in [0.29, 0.717) is 5.75 Å². The molecule has 0 aliphatic heterocycles. The Kier molecular flexibility index (Phi) is 5.78. The maximum atomic E-state index is 13.7.